The van der Waals surface area contributed by atoms with E-state index in [-0.39, 0.29) is 11.0 Å². The Hall–Kier alpha value is -3.01. The van der Waals surface area contributed by atoms with Crippen molar-refractivity contribution in [2.24, 2.45) is 0 Å². The van der Waals surface area contributed by atoms with E-state index in [1.54, 1.807) is 62.8 Å². The lowest BCUT2D eigenvalue weighted by atomic mass is 10.1. The minimum atomic E-state index is -0.424. The maximum atomic E-state index is 12.7. The highest BCUT2D eigenvalue weighted by Crippen LogP contribution is 2.18. The van der Waals surface area contributed by atoms with Crippen LogP contribution in [0.4, 0.5) is 5.69 Å². The highest BCUT2D eigenvalue weighted by Gasteiger charge is 2.16. The molecule has 31 heavy (non-hydrogen) atoms. The quantitative estimate of drug-likeness (QED) is 0.361. The number of thiocarbonyl (C=S) groups is 1. The van der Waals surface area contributed by atoms with Gasteiger partial charge in [0.25, 0.3) is 11.8 Å². The summed E-state index contributed by atoms with van der Waals surface area (Å²) in [6.45, 7) is 1.77. The summed E-state index contributed by atoms with van der Waals surface area (Å²) in [6.07, 6.45) is 0.707. The van der Waals surface area contributed by atoms with Crippen LogP contribution in [0.15, 0.2) is 48.5 Å². The summed E-state index contributed by atoms with van der Waals surface area (Å²) < 4.78 is 15.5. The average Bonchev–Trinajstić information content (AvgIpc) is 2.77. The van der Waals surface area contributed by atoms with E-state index in [4.69, 9.17) is 26.4 Å². The van der Waals surface area contributed by atoms with Crippen molar-refractivity contribution in [2.45, 2.75) is 6.42 Å². The van der Waals surface area contributed by atoms with Gasteiger partial charge in [0.05, 0.1) is 23.4 Å². The highest BCUT2D eigenvalue weighted by atomic mass is 32.1. The molecule has 8 nitrogen and oxygen atoms in total. The fraction of sp³-hybridized carbons (Fsp3) is 0.318. The maximum absolute atomic E-state index is 12.7. The van der Waals surface area contributed by atoms with Crippen LogP contribution in [0.25, 0.3) is 0 Å². The lowest BCUT2D eigenvalue weighted by molar-refractivity contribution is 0.0947. The third-order valence-electron chi connectivity index (χ3n) is 4.13. The number of methoxy groups -OCH3 is 2. The van der Waals surface area contributed by atoms with Gasteiger partial charge in [0, 0.05) is 27.4 Å². The van der Waals surface area contributed by atoms with Crippen LogP contribution in [0, 0.1) is 0 Å². The summed E-state index contributed by atoms with van der Waals surface area (Å²) >= 11 is 5.28. The molecule has 0 fully saturated rings. The first-order chi connectivity index (χ1) is 15.1. The molecule has 2 amide bonds. The molecule has 3 N–H and O–H groups in total. The molecule has 0 radical (unpaired) electrons. The average molecular weight is 446 g/mol. The van der Waals surface area contributed by atoms with Gasteiger partial charge in [0.1, 0.15) is 12.4 Å². The van der Waals surface area contributed by atoms with Crippen molar-refractivity contribution in [1.29, 1.82) is 0 Å². The number of benzene rings is 2. The monoisotopic (exact) mass is 445 g/mol. The number of ether oxygens (including phenoxy) is 3. The van der Waals surface area contributed by atoms with Crippen molar-refractivity contribution in [1.82, 2.24) is 10.6 Å². The third kappa shape index (κ3) is 7.97. The molecule has 0 aliphatic heterocycles. The molecule has 0 aliphatic carbocycles. The standard InChI is InChI=1S/C22H27N3O5S/c1-28-13-7-12-23-20(26)16-8-3-5-10-18(16)24-22(31)25-21(27)17-9-4-6-11-19(17)30-15-14-29-2/h3-6,8-11H,7,12-15H2,1-2H3,(H,23,26)(H2,24,25,27,31). The number of anilines is 1. The molecule has 0 aliphatic rings. The Balaban J connectivity index is 2.00. The van der Waals surface area contributed by atoms with Gasteiger partial charge in [-0.15, -0.1) is 0 Å². The number of hydrogen-bond acceptors (Lipinski definition) is 6. The first-order valence-electron chi connectivity index (χ1n) is 9.76. The van der Waals surface area contributed by atoms with Crippen LogP contribution in [0.3, 0.4) is 0 Å². The molecule has 0 bridgehead atoms. The maximum Gasteiger partial charge on any atom is 0.261 e. The van der Waals surface area contributed by atoms with Gasteiger partial charge in [0.15, 0.2) is 5.11 Å². The number of nitrogens with one attached hydrogen (secondary N) is 3. The Labute approximate surface area is 187 Å². The van der Waals surface area contributed by atoms with E-state index < -0.39 is 5.91 Å². The summed E-state index contributed by atoms with van der Waals surface area (Å²) in [6, 6.07) is 13.8. The Morgan fingerprint density at radius 1 is 0.871 bits per heavy atom. The van der Waals surface area contributed by atoms with E-state index in [2.05, 4.69) is 16.0 Å². The number of hydrogen-bond donors (Lipinski definition) is 3. The minimum Gasteiger partial charge on any atom is -0.490 e. The number of amides is 2. The second kappa shape index (κ2) is 13.3. The van der Waals surface area contributed by atoms with Crippen LogP contribution in [-0.4, -0.2) is 57.5 Å². The van der Waals surface area contributed by atoms with Gasteiger partial charge in [-0.05, 0) is 42.9 Å². The Kier molecular flexibility index (Phi) is 10.4. The highest BCUT2D eigenvalue weighted by molar-refractivity contribution is 7.80. The largest absolute Gasteiger partial charge is 0.490 e. The molecular weight excluding hydrogens is 418 g/mol. The van der Waals surface area contributed by atoms with E-state index in [1.807, 2.05) is 0 Å². The molecule has 0 spiro atoms. The van der Waals surface area contributed by atoms with Crippen LogP contribution in [0.2, 0.25) is 0 Å². The lowest BCUT2D eigenvalue weighted by Gasteiger charge is -2.15. The smallest absolute Gasteiger partial charge is 0.261 e. The normalized spacial score (nSPS) is 10.3. The predicted octanol–water partition coefficient (Wildman–Crippen LogP) is 2.60. The molecule has 0 heterocycles. The number of carbonyl (C=O) groups excluding carboxylic acids is 2. The van der Waals surface area contributed by atoms with Crippen LogP contribution >= 0.6 is 12.2 Å². The lowest BCUT2D eigenvalue weighted by Crippen LogP contribution is -2.35. The molecule has 0 saturated carbocycles. The van der Waals surface area contributed by atoms with Crippen molar-refractivity contribution >= 4 is 34.8 Å². The number of carbonyl (C=O) groups is 2. The molecule has 2 aromatic rings. The Bertz CT molecular complexity index is 891. The minimum absolute atomic E-state index is 0.0660. The summed E-state index contributed by atoms with van der Waals surface area (Å²) in [5, 5.41) is 8.44. The molecule has 9 heteroatoms. The molecule has 0 saturated heterocycles. The fourth-order valence-corrected chi connectivity index (χ4v) is 2.85. The molecule has 166 valence electrons. The first-order valence-corrected chi connectivity index (χ1v) is 10.2. The zero-order chi connectivity index (χ0) is 22.5. The van der Waals surface area contributed by atoms with Crippen molar-refractivity contribution in [3.63, 3.8) is 0 Å². The van der Waals surface area contributed by atoms with Crippen molar-refractivity contribution in [3.05, 3.63) is 59.7 Å². The van der Waals surface area contributed by atoms with Gasteiger partial charge in [-0.1, -0.05) is 24.3 Å². The second-order valence-corrected chi connectivity index (χ2v) is 6.80. The van der Waals surface area contributed by atoms with E-state index in [0.29, 0.717) is 55.4 Å². The summed E-state index contributed by atoms with van der Waals surface area (Å²) in [5.41, 5.74) is 1.24. The summed E-state index contributed by atoms with van der Waals surface area (Å²) in [5.74, 6) is -0.243. The zero-order valence-electron chi connectivity index (χ0n) is 17.6. The summed E-state index contributed by atoms with van der Waals surface area (Å²) in [7, 11) is 3.18. The van der Waals surface area contributed by atoms with Crippen LogP contribution in [0.1, 0.15) is 27.1 Å². The zero-order valence-corrected chi connectivity index (χ0v) is 18.4. The van der Waals surface area contributed by atoms with E-state index in [1.165, 1.54) is 0 Å². The van der Waals surface area contributed by atoms with Crippen molar-refractivity contribution < 1.29 is 23.8 Å². The van der Waals surface area contributed by atoms with Gasteiger partial charge < -0.3 is 24.8 Å². The molecule has 2 aromatic carbocycles. The number of rotatable bonds is 11. The first kappa shape index (κ1) is 24.3. The third-order valence-corrected chi connectivity index (χ3v) is 4.34. The van der Waals surface area contributed by atoms with Gasteiger partial charge in [-0.25, -0.2) is 0 Å². The van der Waals surface area contributed by atoms with Crippen molar-refractivity contribution in [3.8, 4) is 5.75 Å². The summed E-state index contributed by atoms with van der Waals surface area (Å²) in [4.78, 5) is 25.2. The second-order valence-electron chi connectivity index (χ2n) is 6.39. The van der Waals surface area contributed by atoms with Gasteiger partial charge >= 0.3 is 0 Å². The molecule has 2 rings (SSSR count). The van der Waals surface area contributed by atoms with Crippen LogP contribution < -0.4 is 20.7 Å². The van der Waals surface area contributed by atoms with Gasteiger partial charge in [-0.3, -0.25) is 14.9 Å². The predicted molar refractivity (Wildman–Crippen MR) is 123 cm³/mol. The van der Waals surface area contributed by atoms with Crippen molar-refractivity contribution in [2.75, 3.05) is 45.9 Å². The van der Waals surface area contributed by atoms with Crippen LogP contribution in [-0.2, 0) is 9.47 Å². The number of para-hydroxylation sites is 2. The van der Waals surface area contributed by atoms with Crippen LogP contribution in [0.5, 0.6) is 5.75 Å². The fourth-order valence-electron chi connectivity index (χ4n) is 2.64. The van der Waals surface area contributed by atoms with E-state index in [0.717, 1.165) is 0 Å². The van der Waals surface area contributed by atoms with Gasteiger partial charge in [0.2, 0.25) is 0 Å². The van der Waals surface area contributed by atoms with E-state index >= 15 is 0 Å². The molecule has 0 aromatic heterocycles. The molecule has 0 unspecified atom stereocenters. The topological polar surface area (TPSA) is 97.9 Å². The molecular formula is C22H27N3O5S. The SMILES string of the molecule is COCCCNC(=O)c1ccccc1NC(=S)NC(=O)c1ccccc1OCCOC. The molecule has 0 atom stereocenters. The van der Waals surface area contributed by atoms with E-state index in [9.17, 15) is 9.59 Å². The Morgan fingerprint density at radius 2 is 1.55 bits per heavy atom. The Morgan fingerprint density at radius 3 is 2.29 bits per heavy atom. The van der Waals surface area contributed by atoms with Gasteiger partial charge in [-0.2, -0.15) is 0 Å².